The Bertz CT molecular complexity index is 20.4. The van der Waals surface area contributed by atoms with Gasteiger partial charge in [-0.25, -0.2) is 0 Å². The first-order chi connectivity index (χ1) is 0. The molecule has 11 heavy (non-hydrogen) atoms. The summed E-state index contributed by atoms with van der Waals surface area (Å²) in [5, 5.41) is 0. The quantitative estimate of drug-likeness (QED) is 0.409. The van der Waals surface area contributed by atoms with Gasteiger partial charge in [0, 0.05) is 76.4 Å². The zero-order chi connectivity index (χ0) is 0. The second-order valence-corrected chi connectivity index (χ2v) is 0. The van der Waals surface area contributed by atoms with Crippen LogP contribution in [0.15, 0.2) is 0 Å². The molecule has 0 aromatic carbocycles. The van der Waals surface area contributed by atoms with Gasteiger partial charge in [0.2, 0.25) is 0 Å². The van der Waals surface area contributed by atoms with Gasteiger partial charge in [-0.05, 0) is 0 Å². The Morgan fingerprint density at radius 2 is 0.364 bits per heavy atom. The molecule has 0 bridgehead atoms. The Morgan fingerprint density at radius 3 is 0.364 bits per heavy atom. The minimum atomic E-state index is 0. The normalized spacial score (nSPS) is 0. The SMILES string of the molecule is [Nb+5].[Nb+5].[Ni].[Ni].[O-2].[O-2].[O-2].[O-2].[O-2].[Ti].[Ti]. The number of hydrogen-bond donors (Lipinski definition) is 0. The van der Waals surface area contributed by atoms with Crippen LogP contribution in [0.25, 0.3) is 0 Å². The summed E-state index contributed by atoms with van der Waals surface area (Å²) < 4.78 is 0. The van der Waals surface area contributed by atoms with Crippen molar-refractivity contribution in [3.8, 4) is 0 Å². The van der Waals surface area contributed by atoms with Crippen LogP contribution in [-0.4, -0.2) is 0 Å². The van der Waals surface area contributed by atoms with E-state index in [-0.39, 0.29) is 149 Å². The molecule has 0 atom stereocenters. The molecule has 0 unspecified atom stereocenters. The van der Waals surface area contributed by atoms with E-state index in [2.05, 4.69) is 0 Å². The van der Waals surface area contributed by atoms with Crippen molar-refractivity contribution in [1.82, 2.24) is 0 Å². The number of rotatable bonds is 0. The van der Waals surface area contributed by atoms with Crippen molar-refractivity contribution in [3.63, 3.8) is 0 Å². The molecule has 0 aliphatic heterocycles. The van der Waals surface area contributed by atoms with E-state index in [0.717, 1.165) is 0 Å². The van der Waals surface area contributed by atoms with Crippen LogP contribution in [-0.2, 0) is 149 Å². The molecule has 0 radical (unpaired) electrons. The Labute approximate surface area is 146 Å². The molecule has 0 amide bonds. The van der Waals surface area contributed by atoms with Crippen LogP contribution in [0.2, 0.25) is 0 Å². The second kappa shape index (κ2) is 162. The molecule has 0 N–H and O–H groups in total. The number of hydrogen-bond acceptors (Lipinski definition) is 0. The predicted octanol–water partition coefficient (Wildman–Crippen LogP) is -0.609. The molecule has 0 aromatic heterocycles. The molecule has 0 aromatic rings. The summed E-state index contributed by atoms with van der Waals surface area (Å²) in [6.07, 6.45) is 0. The Balaban J connectivity index is 0. The maximum absolute atomic E-state index is 0. The van der Waals surface area contributed by atoms with E-state index in [1.165, 1.54) is 0 Å². The fraction of sp³-hybridized carbons (Fsp3) is 0. The van der Waals surface area contributed by atoms with Crippen molar-refractivity contribution in [2.75, 3.05) is 0 Å². The first kappa shape index (κ1) is 202. The molecule has 0 aliphatic carbocycles. The molecule has 0 saturated carbocycles. The monoisotopic (exact) mass is 478 g/mol. The molecule has 5 nitrogen and oxygen atoms in total. The molecule has 0 saturated heterocycles. The van der Waals surface area contributed by atoms with Crippen molar-refractivity contribution in [2.24, 2.45) is 0 Å². The zero-order valence-electron chi connectivity index (χ0n) is 4.57. The molecular formula is Nb2Ni2O5Ti2. The predicted molar refractivity (Wildman–Crippen MR) is 3.43 cm³/mol. The summed E-state index contributed by atoms with van der Waals surface area (Å²) in [7, 11) is 0. The summed E-state index contributed by atoms with van der Waals surface area (Å²) in [4.78, 5) is 0. The van der Waals surface area contributed by atoms with Crippen LogP contribution >= 0.6 is 0 Å². The van der Waals surface area contributed by atoms with Crippen LogP contribution in [0.5, 0.6) is 0 Å². The van der Waals surface area contributed by atoms with Crippen molar-refractivity contribution in [2.45, 2.75) is 0 Å². The van der Waals surface area contributed by atoms with Crippen LogP contribution in [0, 0.1) is 0 Å². The summed E-state index contributed by atoms with van der Waals surface area (Å²) in [5.74, 6) is 0. The van der Waals surface area contributed by atoms with Gasteiger partial charge in [0.15, 0.2) is 0 Å². The van der Waals surface area contributed by atoms with Crippen LogP contribution in [0.4, 0.5) is 0 Å². The van der Waals surface area contributed by atoms with Crippen molar-refractivity contribution < 1.29 is 149 Å². The summed E-state index contributed by atoms with van der Waals surface area (Å²) in [6.45, 7) is 0. The smallest absolute Gasteiger partial charge is 2.00 e. The minimum Gasteiger partial charge on any atom is -2.00 e. The van der Waals surface area contributed by atoms with Crippen LogP contribution in [0.1, 0.15) is 0 Å². The molecule has 0 fully saturated rings. The average molecular weight is 479 g/mol. The van der Waals surface area contributed by atoms with Crippen molar-refractivity contribution in [1.29, 1.82) is 0 Å². The third-order valence-corrected chi connectivity index (χ3v) is 0. The molecule has 0 aliphatic rings. The van der Waals surface area contributed by atoms with Gasteiger partial charge in [0.05, 0.1) is 0 Å². The van der Waals surface area contributed by atoms with E-state index >= 15 is 0 Å². The molecular weight excluding hydrogens is 479 g/mol. The molecule has 0 heterocycles. The maximum Gasteiger partial charge on any atom is 5.00 e. The molecule has 0 spiro atoms. The maximum atomic E-state index is 0. The van der Waals surface area contributed by atoms with Gasteiger partial charge in [-0.1, -0.05) is 0 Å². The van der Waals surface area contributed by atoms with Crippen LogP contribution < -0.4 is 0 Å². The van der Waals surface area contributed by atoms with Crippen molar-refractivity contribution >= 4 is 0 Å². The first-order valence-electron chi connectivity index (χ1n) is 0. The third-order valence-electron chi connectivity index (χ3n) is 0. The molecule has 11 heteroatoms. The Hall–Kier alpha value is 3.70. The summed E-state index contributed by atoms with van der Waals surface area (Å²) in [6, 6.07) is 0. The molecule has 68 valence electrons. The Morgan fingerprint density at radius 1 is 0.364 bits per heavy atom. The van der Waals surface area contributed by atoms with E-state index in [1.54, 1.807) is 0 Å². The van der Waals surface area contributed by atoms with Gasteiger partial charge < -0.3 is 27.4 Å². The van der Waals surface area contributed by atoms with E-state index in [4.69, 9.17) is 0 Å². The van der Waals surface area contributed by atoms with Gasteiger partial charge >= 0.3 is 44.8 Å². The Kier molecular flexibility index (Phi) is 2960. The van der Waals surface area contributed by atoms with E-state index in [1.807, 2.05) is 0 Å². The minimum absolute atomic E-state index is 0. The van der Waals surface area contributed by atoms with Crippen LogP contribution in [0.3, 0.4) is 0 Å². The second-order valence-electron chi connectivity index (χ2n) is 0. The largest absolute Gasteiger partial charge is 5.00 e. The first-order valence-corrected chi connectivity index (χ1v) is 0. The topological polar surface area (TPSA) is 142 Å². The summed E-state index contributed by atoms with van der Waals surface area (Å²) >= 11 is 0. The van der Waals surface area contributed by atoms with Crippen molar-refractivity contribution in [3.05, 3.63) is 0 Å². The fourth-order valence-electron chi connectivity index (χ4n) is 0. The van der Waals surface area contributed by atoms with E-state index in [0.29, 0.717) is 0 Å². The van der Waals surface area contributed by atoms with E-state index < -0.39 is 0 Å². The van der Waals surface area contributed by atoms with Gasteiger partial charge in [-0.15, -0.1) is 0 Å². The average Bonchev–Trinajstić information content (AvgIpc) is 0. The standard InChI is InChI=1S/2Nb.2Ni.5O.2Ti/q2*+5;;;5*-2;;. The fourth-order valence-corrected chi connectivity index (χ4v) is 0. The summed E-state index contributed by atoms with van der Waals surface area (Å²) in [5.41, 5.74) is 0. The third kappa shape index (κ3) is 137. The van der Waals surface area contributed by atoms with Gasteiger partial charge in [-0.2, -0.15) is 0 Å². The van der Waals surface area contributed by atoms with Gasteiger partial charge in [0.25, 0.3) is 0 Å². The van der Waals surface area contributed by atoms with Gasteiger partial charge in [-0.3, -0.25) is 0 Å². The zero-order valence-corrected chi connectivity index (χ0v) is 14.1. The molecule has 0 rings (SSSR count). The van der Waals surface area contributed by atoms with Gasteiger partial charge in [0.1, 0.15) is 0 Å². The van der Waals surface area contributed by atoms with E-state index in [9.17, 15) is 0 Å².